The zero-order chi connectivity index (χ0) is 20.7. The number of ether oxygens (including phenoxy) is 4. The molecule has 2 rings (SSSR count). The maximum atomic E-state index is 12.8. The number of methoxy groups -OCH3 is 3. The lowest BCUT2D eigenvalue weighted by Crippen LogP contribution is -2.31. The molecule has 0 spiro atoms. The minimum Gasteiger partial charge on any atom is -0.473 e. The van der Waals surface area contributed by atoms with Crippen LogP contribution in [0, 0.1) is 0 Å². The number of hydrogen-bond donors (Lipinski definition) is 0. The number of hydrogen-bond acceptors (Lipinski definition) is 6. The molecule has 0 fully saturated rings. The summed E-state index contributed by atoms with van der Waals surface area (Å²) in [6, 6.07) is 10.2. The Bertz CT molecular complexity index is 793. The van der Waals surface area contributed by atoms with E-state index in [2.05, 4.69) is 4.98 Å². The van der Waals surface area contributed by atoms with E-state index in [1.807, 2.05) is 0 Å². The Morgan fingerprint density at radius 2 is 1.71 bits per heavy atom. The van der Waals surface area contributed by atoms with Crippen LogP contribution < -0.4 is 4.74 Å². The molecule has 0 saturated heterocycles. The third kappa shape index (κ3) is 5.20. The Balaban J connectivity index is 2.30. The second-order valence-electron chi connectivity index (χ2n) is 5.69. The third-order valence-corrected chi connectivity index (χ3v) is 3.97. The van der Waals surface area contributed by atoms with Crippen molar-refractivity contribution in [3.8, 4) is 5.88 Å². The van der Waals surface area contributed by atoms with Crippen molar-refractivity contribution in [3.63, 3.8) is 0 Å². The van der Waals surface area contributed by atoms with Crippen LogP contribution in [0.3, 0.4) is 0 Å². The number of carbonyl (C=O) groups excluding carboxylic acids is 1. The van der Waals surface area contributed by atoms with Crippen LogP contribution in [0.4, 0.5) is 13.2 Å². The summed E-state index contributed by atoms with van der Waals surface area (Å²) >= 11 is 0. The largest absolute Gasteiger partial charge is 0.473 e. The molecule has 1 unspecified atom stereocenters. The Hall–Kier alpha value is -2.65. The van der Waals surface area contributed by atoms with E-state index < -0.39 is 30.0 Å². The lowest BCUT2D eigenvalue weighted by molar-refractivity contribution is -0.163. The van der Waals surface area contributed by atoms with Gasteiger partial charge in [-0.1, -0.05) is 30.3 Å². The van der Waals surface area contributed by atoms with E-state index in [0.717, 1.165) is 6.07 Å². The summed E-state index contributed by atoms with van der Waals surface area (Å²) in [5.41, 5.74) is 0.00999. The van der Waals surface area contributed by atoms with Crippen molar-refractivity contribution >= 4 is 5.97 Å². The van der Waals surface area contributed by atoms with Gasteiger partial charge >= 0.3 is 12.1 Å². The Labute approximate surface area is 160 Å². The molecule has 6 nitrogen and oxygen atoms in total. The fraction of sp³-hybridized carbons (Fsp3) is 0.368. The highest BCUT2D eigenvalue weighted by atomic mass is 19.4. The van der Waals surface area contributed by atoms with Gasteiger partial charge in [0, 0.05) is 20.3 Å². The second-order valence-corrected chi connectivity index (χ2v) is 5.69. The van der Waals surface area contributed by atoms with Crippen molar-refractivity contribution in [1.82, 2.24) is 4.98 Å². The van der Waals surface area contributed by atoms with Gasteiger partial charge in [-0.05, 0) is 17.2 Å². The number of benzene rings is 1. The van der Waals surface area contributed by atoms with Crippen molar-refractivity contribution in [2.45, 2.75) is 25.0 Å². The van der Waals surface area contributed by atoms with Crippen LogP contribution >= 0.6 is 0 Å². The van der Waals surface area contributed by atoms with E-state index in [-0.39, 0.29) is 12.5 Å². The number of rotatable bonds is 8. The number of halogens is 3. The summed E-state index contributed by atoms with van der Waals surface area (Å²) in [5.74, 6) is -1.68. The molecule has 2 aromatic rings. The number of carbonyl (C=O) groups is 1. The zero-order valence-corrected chi connectivity index (χ0v) is 15.5. The van der Waals surface area contributed by atoms with E-state index in [9.17, 15) is 18.0 Å². The van der Waals surface area contributed by atoms with Crippen molar-refractivity contribution in [2.75, 3.05) is 21.3 Å². The molecule has 152 valence electrons. The maximum absolute atomic E-state index is 12.8. The molecule has 1 aromatic carbocycles. The van der Waals surface area contributed by atoms with Crippen LogP contribution in [0.5, 0.6) is 5.88 Å². The minimum atomic E-state index is -4.57. The molecular formula is C19H20F3NO5. The molecule has 28 heavy (non-hydrogen) atoms. The van der Waals surface area contributed by atoms with Crippen LogP contribution in [0.2, 0.25) is 0 Å². The van der Waals surface area contributed by atoms with Gasteiger partial charge in [0.1, 0.15) is 18.2 Å². The molecule has 0 radical (unpaired) electrons. The Morgan fingerprint density at radius 1 is 1.04 bits per heavy atom. The van der Waals surface area contributed by atoms with Gasteiger partial charge in [0.2, 0.25) is 5.88 Å². The third-order valence-electron chi connectivity index (χ3n) is 3.97. The van der Waals surface area contributed by atoms with Gasteiger partial charge < -0.3 is 18.9 Å². The van der Waals surface area contributed by atoms with E-state index in [0.29, 0.717) is 11.1 Å². The fourth-order valence-electron chi connectivity index (χ4n) is 2.65. The summed E-state index contributed by atoms with van der Waals surface area (Å²) in [7, 11) is 4.01. The van der Waals surface area contributed by atoms with E-state index in [4.69, 9.17) is 18.9 Å². The van der Waals surface area contributed by atoms with E-state index >= 15 is 0 Å². The average molecular weight is 399 g/mol. The molecule has 0 bridgehead atoms. The first kappa shape index (κ1) is 21.6. The van der Waals surface area contributed by atoms with E-state index in [1.165, 1.54) is 33.5 Å². The first-order valence-electron chi connectivity index (χ1n) is 8.20. The van der Waals surface area contributed by atoms with Gasteiger partial charge in [0.15, 0.2) is 6.29 Å². The fourth-order valence-corrected chi connectivity index (χ4v) is 2.65. The van der Waals surface area contributed by atoms with Crippen LogP contribution in [0.25, 0.3) is 0 Å². The smallest absolute Gasteiger partial charge is 0.433 e. The Morgan fingerprint density at radius 3 is 2.32 bits per heavy atom. The molecule has 0 aliphatic heterocycles. The summed E-state index contributed by atoms with van der Waals surface area (Å²) in [4.78, 5) is 15.8. The first-order valence-corrected chi connectivity index (χ1v) is 8.20. The summed E-state index contributed by atoms with van der Waals surface area (Å²) in [6.45, 7) is -0.113. The highest BCUT2D eigenvalue weighted by molar-refractivity contribution is 5.79. The number of esters is 1. The van der Waals surface area contributed by atoms with Gasteiger partial charge in [0.05, 0.1) is 7.11 Å². The molecule has 0 saturated carbocycles. The molecule has 1 aromatic heterocycles. The highest BCUT2D eigenvalue weighted by Crippen LogP contribution is 2.30. The van der Waals surface area contributed by atoms with Crippen molar-refractivity contribution in [3.05, 3.63) is 59.3 Å². The maximum Gasteiger partial charge on any atom is 0.433 e. The van der Waals surface area contributed by atoms with E-state index in [1.54, 1.807) is 24.3 Å². The SMILES string of the molecule is COC(=O)C(c1ccccc1COc1cccc(C(F)(F)F)n1)C(OC)OC. The normalized spacial score (nSPS) is 12.7. The van der Waals surface area contributed by atoms with Crippen LogP contribution in [-0.2, 0) is 31.8 Å². The lowest BCUT2D eigenvalue weighted by Gasteiger charge is -2.25. The highest BCUT2D eigenvalue weighted by Gasteiger charge is 2.34. The van der Waals surface area contributed by atoms with Crippen molar-refractivity contribution in [1.29, 1.82) is 0 Å². The zero-order valence-electron chi connectivity index (χ0n) is 15.5. The molecule has 9 heteroatoms. The molecule has 0 aliphatic rings. The number of nitrogens with zero attached hydrogens (tertiary/aromatic N) is 1. The van der Waals surface area contributed by atoms with Gasteiger partial charge in [-0.2, -0.15) is 13.2 Å². The molecule has 0 aliphatic carbocycles. The lowest BCUT2D eigenvalue weighted by atomic mass is 9.93. The van der Waals surface area contributed by atoms with Gasteiger partial charge in [0.25, 0.3) is 0 Å². The second kappa shape index (κ2) is 9.52. The predicted octanol–water partition coefficient (Wildman–Crippen LogP) is 3.55. The first-order chi connectivity index (χ1) is 13.3. The van der Waals surface area contributed by atoms with Crippen LogP contribution in [-0.4, -0.2) is 38.6 Å². The molecule has 1 heterocycles. The van der Waals surface area contributed by atoms with Gasteiger partial charge in [-0.3, -0.25) is 4.79 Å². The van der Waals surface area contributed by atoms with Gasteiger partial charge in [-0.25, -0.2) is 4.98 Å². The minimum absolute atomic E-state index is 0.113. The monoisotopic (exact) mass is 399 g/mol. The standard InChI is InChI=1S/C19H20F3NO5/c1-25-17(24)16(18(26-2)27-3)13-8-5-4-7-12(13)11-28-15-10-6-9-14(23-15)19(20,21)22/h4-10,16,18H,11H2,1-3H3. The molecule has 0 N–H and O–H groups in total. The predicted molar refractivity (Wildman–Crippen MR) is 92.6 cm³/mol. The summed E-state index contributed by atoms with van der Waals surface area (Å²) in [6.07, 6.45) is -5.49. The number of aromatic nitrogens is 1. The quantitative estimate of drug-likeness (QED) is 0.500. The van der Waals surface area contributed by atoms with Gasteiger partial charge in [-0.15, -0.1) is 0 Å². The van der Waals surface area contributed by atoms with Crippen LogP contribution in [0.15, 0.2) is 42.5 Å². The van der Waals surface area contributed by atoms with Crippen LogP contribution in [0.1, 0.15) is 22.7 Å². The topological polar surface area (TPSA) is 66.9 Å². The molecular weight excluding hydrogens is 379 g/mol. The van der Waals surface area contributed by atoms with Crippen molar-refractivity contribution in [2.24, 2.45) is 0 Å². The number of alkyl halides is 3. The summed E-state index contributed by atoms with van der Waals surface area (Å²) < 4.78 is 59.1. The van der Waals surface area contributed by atoms with Crippen molar-refractivity contribution < 1.29 is 36.9 Å². The Kier molecular flexibility index (Phi) is 7.36. The number of pyridine rings is 1. The molecule has 0 amide bonds. The molecule has 1 atom stereocenters. The average Bonchev–Trinajstić information content (AvgIpc) is 2.70. The summed E-state index contributed by atoms with van der Waals surface area (Å²) in [5, 5.41) is 0.